The highest BCUT2D eigenvalue weighted by Crippen LogP contribution is 2.30. The van der Waals surface area contributed by atoms with Crippen LogP contribution in [0.25, 0.3) is 0 Å². The summed E-state index contributed by atoms with van der Waals surface area (Å²) in [6, 6.07) is 0. The molecule has 3 nitrogen and oxygen atoms in total. The van der Waals surface area contributed by atoms with Gasteiger partial charge in [0.1, 0.15) is 5.54 Å². The molecule has 1 atom stereocenters. The van der Waals surface area contributed by atoms with Gasteiger partial charge in [-0.25, -0.2) is 0 Å². The molecule has 0 saturated carbocycles. The molecule has 1 saturated heterocycles. The lowest BCUT2D eigenvalue weighted by molar-refractivity contribution is -0.152. The van der Waals surface area contributed by atoms with Crippen molar-refractivity contribution in [3.05, 3.63) is 0 Å². The second-order valence-corrected chi connectivity index (χ2v) is 4.45. The van der Waals surface area contributed by atoms with E-state index < -0.39 is 24.2 Å². The summed E-state index contributed by atoms with van der Waals surface area (Å²) in [6.45, 7) is -1.16. The Hall–Kier alpha value is -0.430. The Labute approximate surface area is 89.7 Å². The maximum absolute atomic E-state index is 12.0. The van der Waals surface area contributed by atoms with Gasteiger partial charge in [0.2, 0.25) is 0 Å². The van der Waals surface area contributed by atoms with Crippen LogP contribution in [-0.4, -0.2) is 42.8 Å². The van der Waals surface area contributed by atoms with Crippen molar-refractivity contribution >= 4 is 17.7 Å². The zero-order valence-corrected chi connectivity index (χ0v) is 9.00. The van der Waals surface area contributed by atoms with Crippen LogP contribution in [-0.2, 0) is 9.53 Å². The van der Waals surface area contributed by atoms with E-state index in [1.165, 1.54) is 18.9 Å². The van der Waals surface area contributed by atoms with Gasteiger partial charge in [-0.2, -0.15) is 24.9 Å². The number of rotatable bonds is 3. The van der Waals surface area contributed by atoms with E-state index in [1.54, 1.807) is 0 Å². The summed E-state index contributed by atoms with van der Waals surface area (Å²) in [4.78, 5) is 11.4. The van der Waals surface area contributed by atoms with Crippen LogP contribution in [0.3, 0.4) is 0 Å². The number of methoxy groups -OCH3 is 1. The van der Waals surface area contributed by atoms with Gasteiger partial charge in [0.15, 0.2) is 0 Å². The number of esters is 1. The van der Waals surface area contributed by atoms with Crippen LogP contribution >= 0.6 is 11.8 Å². The van der Waals surface area contributed by atoms with Crippen molar-refractivity contribution in [2.75, 3.05) is 25.2 Å². The Morgan fingerprint density at radius 2 is 2.27 bits per heavy atom. The molecule has 0 aromatic carbocycles. The van der Waals surface area contributed by atoms with Crippen LogP contribution in [0.4, 0.5) is 13.2 Å². The molecule has 1 heterocycles. The summed E-state index contributed by atoms with van der Waals surface area (Å²) in [7, 11) is 1.18. The average Bonchev–Trinajstić information content (AvgIpc) is 2.62. The molecule has 15 heavy (non-hydrogen) atoms. The molecule has 1 unspecified atom stereocenters. The van der Waals surface area contributed by atoms with Crippen LogP contribution in [0.15, 0.2) is 0 Å². The highest BCUT2D eigenvalue weighted by Gasteiger charge is 2.44. The molecule has 0 spiro atoms. The minimum Gasteiger partial charge on any atom is -0.468 e. The summed E-state index contributed by atoms with van der Waals surface area (Å²) in [5.41, 5.74) is -1.16. The maximum atomic E-state index is 12.0. The Balaban J connectivity index is 2.62. The van der Waals surface area contributed by atoms with E-state index in [0.29, 0.717) is 17.9 Å². The number of hydrogen-bond donors (Lipinski definition) is 1. The van der Waals surface area contributed by atoms with E-state index in [0.717, 1.165) is 0 Å². The van der Waals surface area contributed by atoms with Gasteiger partial charge >= 0.3 is 12.1 Å². The van der Waals surface area contributed by atoms with Crippen molar-refractivity contribution in [2.45, 2.75) is 18.1 Å². The standard InChI is InChI=1S/C8H12F3NO2S/c1-14-6(13)7(2-3-15-5-7)12-4-8(9,10)11/h12H,2-5H2,1H3. The zero-order chi connectivity index (χ0) is 11.5. The third kappa shape index (κ3) is 3.27. The SMILES string of the molecule is COC(=O)C1(NCC(F)(F)F)CCSC1. The first-order valence-electron chi connectivity index (χ1n) is 4.38. The molecule has 1 aliphatic rings. The Morgan fingerprint density at radius 1 is 1.60 bits per heavy atom. The number of alkyl halides is 3. The first-order valence-corrected chi connectivity index (χ1v) is 5.53. The summed E-state index contributed by atoms with van der Waals surface area (Å²) < 4.78 is 40.6. The molecule has 88 valence electrons. The van der Waals surface area contributed by atoms with Gasteiger partial charge < -0.3 is 4.74 Å². The minimum absolute atomic E-state index is 0.329. The van der Waals surface area contributed by atoms with Gasteiger partial charge in [-0.15, -0.1) is 0 Å². The highest BCUT2D eigenvalue weighted by atomic mass is 32.2. The molecule has 0 bridgehead atoms. The average molecular weight is 243 g/mol. The van der Waals surface area contributed by atoms with E-state index in [1.807, 2.05) is 0 Å². The topological polar surface area (TPSA) is 38.3 Å². The zero-order valence-electron chi connectivity index (χ0n) is 8.19. The van der Waals surface area contributed by atoms with Gasteiger partial charge in [0.05, 0.1) is 13.7 Å². The molecule has 1 fully saturated rings. The smallest absolute Gasteiger partial charge is 0.401 e. The number of carbonyl (C=O) groups is 1. The van der Waals surface area contributed by atoms with Crippen molar-refractivity contribution in [3.8, 4) is 0 Å². The molecule has 0 aliphatic carbocycles. The molecule has 7 heteroatoms. The fraction of sp³-hybridized carbons (Fsp3) is 0.875. The summed E-state index contributed by atoms with van der Waals surface area (Å²) in [5, 5.41) is 2.27. The Kier molecular flexibility index (Phi) is 3.88. The first-order chi connectivity index (χ1) is 6.90. The van der Waals surface area contributed by atoms with Crippen LogP contribution in [0.1, 0.15) is 6.42 Å². The molecular formula is C8H12F3NO2S. The lowest BCUT2D eigenvalue weighted by atomic mass is 9.99. The van der Waals surface area contributed by atoms with Gasteiger partial charge in [-0.05, 0) is 12.2 Å². The highest BCUT2D eigenvalue weighted by molar-refractivity contribution is 7.99. The summed E-state index contributed by atoms with van der Waals surface area (Å²) >= 11 is 1.44. The van der Waals surface area contributed by atoms with Gasteiger partial charge in [-0.3, -0.25) is 10.1 Å². The van der Waals surface area contributed by atoms with Gasteiger partial charge in [-0.1, -0.05) is 0 Å². The number of hydrogen-bond acceptors (Lipinski definition) is 4. The molecule has 0 aromatic heterocycles. The van der Waals surface area contributed by atoms with Crippen molar-refractivity contribution in [2.24, 2.45) is 0 Å². The molecule has 1 N–H and O–H groups in total. The van der Waals surface area contributed by atoms with Gasteiger partial charge in [0, 0.05) is 5.75 Å². The largest absolute Gasteiger partial charge is 0.468 e. The third-order valence-electron chi connectivity index (χ3n) is 2.22. The summed E-state index contributed by atoms with van der Waals surface area (Å²) in [5.74, 6) is 0.382. The predicted octanol–water partition coefficient (Wildman–Crippen LogP) is 1.19. The number of nitrogens with one attached hydrogen (secondary N) is 1. The fourth-order valence-corrected chi connectivity index (χ4v) is 2.75. The molecule has 1 rings (SSSR count). The van der Waals surface area contributed by atoms with Crippen molar-refractivity contribution in [3.63, 3.8) is 0 Å². The second kappa shape index (κ2) is 4.61. The quantitative estimate of drug-likeness (QED) is 0.756. The van der Waals surface area contributed by atoms with E-state index in [-0.39, 0.29) is 0 Å². The van der Waals surface area contributed by atoms with Crippen LogP contribution in [0.2, 0.25) is 0 Å². The van der Waals surface area contributed by atoms with E-state index >= 15 is 0 Å². The normalized spacial score (nSPS) is 26.7. The Bertz CT molecular complexity index is 239. The Morgan fingerprint density at radius 3 is 2.67 bits per heavy atom. The second-order valence-electron chi connectivity index (χ2n) is 3.35. The lowest BCUT2D eigenvalue weighted by Crippen LogP contribution is -2.55. The maximum Gasteiger partial charge on any atom is 0.401 e. The molecular weight excluding hydrogens is 231 g/mol. The van der Waals surface area contributed by atoms with Crippen molar-refractivity contribution in [1.29, 1.82) is 0 Å². The number of carbonyl (C=O) groups excluding carboxylic acids is 1. The third-order valence-corrected chi connectivity index (χ3v) is 3.41. The molecule has 1 aliphatic heterocycles. The van der Waals surface area contributed by atoms with Gasteiger partial charge in [0.25, 0.3) is 0 Å². The predicted molar refractivity (Wildman–Crippen MR) is 50.7 cm³/mol. The van der Waals surface area contributed by atoms with E-state index in [4.69, 9.17) is 0 Å². The van der Waals surface area contributed by atoms with Crippen molar-refractivity contribution in [1.82, 2.24) is 5.32 Å². The van der Waals surface area contributed by atoms with Crippen LogP contribution in [0, 0.1) is 0 Å². The molecule has 0 amide bonds. The molecule has 0 aromatic rings. The summed E-state index contributed by atoms with van der Waals surface area (Å²) in [6.07, 6.45) is -3.94. The van der Waals surface area contributed by atoms with E-state index in [2.05, 4.69) is 10.1 Å². The number of ether oxygens (including phenoxy) is 1. The molecule has 0 radical (unpaired) electrons. The first kappa shape index (κ1) is 12.6. The number of thioether (sulfide) groups is 1. The van der Waals surface area contributed by atoms with Crippen LogP contribution < -0.4 is 5.32 Å². The number of halogens is 3. The van der Waals surface area contributed by atoms with Crippen LogP contribution in [0.5, 0.6) is 0 Å². The monoisotopic (exact) mass is 243 g/mol. The van der Waals surface area contributed by atoms with E-state index in [9.17, 15) is 18.0 Å². The van der Waals surface area contributed by atoms with Crippen molar-refractivity contribution < 1.29 is 22.7 Å². The minimum atomic E-state index is -4.31. The lowest BCUT2D eigenvalue weighted by Gasteiger charge is -2.27. The fourth-order valence-electron chi connectivity index (χ4n) is 1.40.